The number of rotatable bonds is 3. The van der Waals surface area contributed by atoms with Crippen molar-refractivity contribution < 1.29 is 13.5 Å². The molecule has 14 heavy (non-hydrogen) atoms. The topological polar surface area (TPSA) is 35.2 Å². The average molecular weight is 201 g/mol. The van der Waals surface area contributed by atoms with E-state index < -0.39 is 11.6 Å². The molecule has 0 amide bonds. The summed E-state index contributed by atoms with van der Waals surface area (Å²) >= 11 is 0. The van der Waals surface area contributed by atoms with Gasteiger partial charge in [-0.15, -0.1) is 0 Å². The highest BCUT2D eigenvalue weighted by atomic mass is 19.1. The maximum Gasteiger partial charge on any atom is 0.168 e. The average Bonchev–Trinajstić information content (AvgIpc) is 2.01. The summed E-state index contributed by atoms with van der Waals surface area (Å²) in [4.78, 5) is 0. The van der Waals surface area contributed by atoms with Crippen molar-refractivity contribution >= 4 is 0 Å². The number of hydrogen-bond acceptors (Lipinski definition) is 2. The fourth-order valence-electron chi connectivity index (χ4n) is 1.34. The summed E-state index contributed by atoms with van der Waals surface area (Å²) in [6, 6.07) is 1.87. The van der Waals surface area contributed by atoms with Crippen LogP contribution < -0.4 is 10.5 Å². The monoisotopic (exact) mass is 201 g/mol. The predicted molar refractivity (Wildman–Crippen MR) is 50.3 cm³/mol. The van der Waals surface area contributed by atoms with Crippen molar-refractivity contribution in [3.05, 3.63) is 29.3 Å². The molecule has 0 aliphatic carbocycles. The Labute approximate surface area is 81.7 Å². The van der Waals surface area contributed by atoms with E-state index in [2.05, 4.69) is 0 Å². The lowest BCUT2D eigenvalue weighted by Crippen LogP contribution is -2.18. The Kier molecular flexibility index (Phi) is 3.41. The predicted octanol–water partition coefficient (Wildman–Crippen LogP) is 1.86. The van der Waals surface area contributed by atoms with E-state index in [-0.39, 0.29) is 11.8 Å². The summed E-state index contributed by atoms with van der Waals surface area (Å²) in [5.41, 5.74) is 6.01. The highest BCUT2D eigenvalue weighted by Crippen LogP contribution is 2.24. The molecule has 78 valence electrons. The molecule has 0 saturated heterocycles. The van der Waals surface area contributed by atoms with Gasteiger partial charge >= 0.3 is 0 Å². The zero-order chi connectivity index (χ0) is 10.7. The van der Waals surface area contributed by atoms with Crippen LogP contribution in [0.1, 0.15) is 12.5 Å². The van der Waals surface area contributed by atoms with Crippen molar-refractivity contribution in [2.45, 2.75) is 19.4 Å². The van der Waals surface area contributed by atoms with Gasteiger partial charge in [0.1, 0.15) is 5.82 Å². The minimum absolute atomic E-state index is 0.0729. The van der Waals surface area contributed by atoms with Crippen LogP contribution in [0.2, 0.25) is 0 Å². The van der Waals surface area contributed by atoms with Crippen LogP contribution in [-0.2, 0) is 6.42 Å². The van der Waals surface area contributed by atoms with Gasteiger partial charge in [-0.25, -0.2) is 8.78 Å². The first-order chi connectivity index (χ1) is 6.54. The molecule has 0 saturated carbocycles. The number of halogens is 2. The second-order valence-electron chi connectivity index (χ2n) is 3.26. The first kappa shape index (κ1) is 10.9. The van der Waals surface area contributed by atoms with Crippen LogP contribution in [0, 0.1) is 11.6 Å². The Bertz CT molecular complexity index is 326. The van der Waals surface area contributed by atoms with E-state index in [1.165, 1.54) is 13.2 Å². The van der Waals surface area contributed by atoms with Gasteiger partial charge in [0.2, 0.25) is 0 Å². The third-order valence-corrected chi connectivity index (χ3v) is 1.83. The molecule has 0 radical (unpaired) electrons. The molecule has 1 rings (SSSR count). The number of benzene rings is 1. The van der Waals surface area contributed by atoms with Crippen LogP contribution in [0.25, 0.3) is 0 Å². The van der Waals surface area contributed by atoms with Gasteiger partial charge in [0.15, 0.2) is 11.6 Å². The summed E-state index contributed by atoms with van der Waals surface area (Å²) < 4.78 is 30.8. The van der Waals surface area contributed by atoms with Crippen molar-refractivity contribution in [2.75, 3.05) is 7.11 Å². The SMILES string of the molecule is COc1c(F)cc(F)cc1CC(C)N. The molecule has 0 aromatic heterocycles. The molecule has 0 aliphatic rings. The molecule has 0 spiro atoms. The fourth-order valence-corrected chi connectivity index (χ4v) is 1.34. The molecule has 0 aliphatic heterocycles. The van der Waals surface area contributed by atoms with Crippen LogP contribution in [0.15, 0.2) is 12.1 Å². The van der Waals surface area contributed by atoms with Gasteiger partial charge < -0.3 is 10.5 Å². The summed E-state index contributed by atoms with van der Waals surface area (Å²) in [6.45, 7) is 1.77. The standard InChI is InChI=1S/C10H13F2NO/c1-6(13)3-7-4-8(11)5-9(12)10(7)14-2/h4-6H,3,13H2,1-2H3. The zero-order valence-electron chi connectivity index (χ0n) is 8.18. The van der Waals surface area contributed by atoms with E-state index in [1.54, 1.807) is 6.92 Å². The van der Waals surface area contributed by atoms with Crippen molar-refractivity contribution in [2.24, 2.45) is 5.73 Å². The number of nitrogens with two attached hydrogens (primary N) is 1. The van der Waals surface area contributed by atoms with Crippen LogP contribution in [0.4, 0.5) is 8.78 Å². The van der Waals surface area contributed by atoms with E-state index >= 15 is 0 Å². The molecule has 4 heteroatoms. The zero-order valence-corrected chi connectivity index (χ0v) is 8.18. The maximum atomic E-state index is 13.2. The quantitative estimate of drug-likeness (QED) is 0.810. The number of hydrogen-bond donors (Lipinski definition) is 1. The highest BCUT2D eigenvalue weighted by molar-refractivity contribution is 5.36. The van der Waals surface area contributed by atoms with Gasteiger partial charge in [0.05, 0.1) is 7.11 Å². The highest BCUT2D eigenvalue weighted by Gasteiger charge is 2.12. The lowest BCUT2D eigenvalue weighted by atomic mass is 10.1. The second kappa shape index (κ2) is 4.37. The lowest BCUT2D eigenvalue weighted by molar-refractivity contribution is 0.377. The molecule has 0 bridgehead atoms. The Morgan fingerprint density at radius 1 is 1.43 bits per heavy atom. The molecular weight excluding hydrogens is 188 g/mol. The molecule has 2 N–H and O–H groups in total. The van der Waals surface area contributed by atoms with Crippen molar-refractivity contribution in [3.8, 4) is 5.75 Å². The first-order valence-electron chi connectivity index (χ1n) is 4.32. The molecular formula is C10H13F2NO. The Hall–Kier alpha value is -1.16. The molecule has 0 fully saturated rings. The lowest BCUT2D eigenvalue weighted by Gasteiger charge is -2.11. The van der Waals surface area contributed by atoms with Crippen LogP contribution in [-0.4, -0.2) is 13.2 Å². The van der Waals surface area contributed by atoms with Crippen LogP contribution in [0.5, 0.6) is 5.75 Å². The van der Waals surface area contributed by atoms with Gasteiger partial charge in [0.25, 0.3) is 0 Å². The number of methoxy groups -OCH3 is 1. The first-order valence-corrected chi connectivity index (χ1v) is 4.32. The van der Waals surface area contributed by atoms with Crippen LogP contribution >= 0.6 is 0 Å². The van der Waals surface area contributed by atoms with E-state index in [4.69, 9.17) is 10.5 Å². The van der Waals surface area contributed by atoms with Gasteiger partial charge in [0, 0.05) is 17.7 Å². The van der Waals surface area contributed by atoms with Crippen LogP contribution in [0.3, 0.4) is 0 Å². The summed E-state index contributed by atoms with van der Waals surface area (Å²) in [5, 5.41) is 0. The summed E-state index contributed by atoms with van der Waals surface area (Å²) in [7, 11) is 1.35. The minimum atomic E-state index is -0.692. The molecule has 1 unspecified atom stereocenters. The van der Waals surface area contributed by atoms with Gasteiger partial charge in [-0.1, -0.05) is 0 Å². The van der Waals surface area contributed by atoms with E-state index in [1.807, 2.05) is 0 Å². The molecule has 1 aromatic carbocycles. The van der Waals surface area contributed by atoms with Crippen molar-refractivity contribution in [1.82, 2.24) is 0 Å². The second-order valence-corrected chi connectivity index (χ2v) is 3.26. The Balaban J connectivity index is 3.11. The van der Waals surface area contributed by atoms with E-state index in [0.717, 1.165) is 6.07 Å². The molecule has 2 nitrogen and oxygen atoms in total. The van der Waals surface area contributed by atoms with Crippen molar-refractivity contribution in [1.29, 1.82) is 0 Å². The van der Waals surface area contributed by atoms with Gasteiger partial charge in [-0.2, -0.15) is 0 Å². The van der Waals surface area contributed by atoms with Gasteiger partial charge in [-0.05, 0) is 19.4 Å². The van der Waals surface area contributed by atoms with E-state index in [9.17, 15) is 8.78 Å². The maximum absolute atomic E-state index is 13.2. The Morgan fingerprint density at radius 3 is 2.57 bits per heavy atom. The third kappa shape index (κ3) is 2.42. The normalized spacial score (nSPS) is 12.6. The largest absolute Gasteiger partial charge is 0.493 e. The molecule has 1 atom stereocenters. The fraction of sp³-hybridized carbons (Fsp3) is 0.400. The smallest absolute Gasteiger partial charge is 0.168 e. The number of ether oxygens (including phenoxy) is 1. The summed E-state index contributed by atoms with van der Waals surface area (Å²) in [5.74, 6) is -1.23. The molecule has 1 aromatic rings. The van der Waals surface area contributed by atoms with E-state index in [0.29, 0.717) is 12.0 Å². The molecule has 0 heterocycles. The van der Waals surface area contributed by atoms with Crippen molar-refractivity contribution in [3.63, 3.8) is 0 Å². The minimum Gasteiger partial charge on any atom is -0.493 e. The van der Waals surface area contributed by atoms with Gasteiger partial charge in [-0.3, -0.25) is 0 Å². The Morgan fingerprint density at radius 2 is 2.07 bits per heavy atom. The third-order valence-electron chi connectivity index (χ3n) is 1.83. The summed E-state index contributed by atoms with van der Waals surface area (Å²) in [6.07, 6.45) is 0.387.